The van der Waals surface area contributed by atoms with E-state index >= 15 is 0 Å². The molecule has 1 fully saturated rings. The highest BCUT2D eigenvalue weighted by atomic mass is 16.5. The van der Waals surface area contributed by atoms with Crippen molar-refractivity contribution in [3.05, 3.63) is 0 Å². The van der Waals surface area contributed by atoms with Crippen LogP contribution >= 0.6 is 0 Å². The van der Waals surface area contributed by atoms with Gasteiger partial charge in [-0.2, -0.15) is 0 Å². The van der Waals surface area contributed by atoms with Gasteiger partial charge in [0, 0.05) is 0 Å². The molecule has 1 N–H and O–H groups in total. The molecule has 0 aliphatic carbocycles. The molecule has 0 aromatic carbocycles. The van der Waals surface area contributed by atoms with Gasteiger partial charge >= 0.3 is 5.97 Å². The molecule has 1 aliphatic rings. The number of carbonyl (C=O) groups is 1. The maximum atomic E-state index is 10.2. The lowest BCUT2D eigenvalue weighted by Crippen LogP contribution is -2.19. The van der Waals surface area contributed by atoms with Crippen LogP contribution in [0.4, 0.5) is 0 Å². The predicted octanol–water partition coefficient (Wildman–Crippen LogP) is 0.639. The summed E-state index contributed by atoms with van der Waals surface area (Å²) in [5.41, 5.74) is 0. The molecule has 0 bridgehead atoms. The predicted molar refractivity (Wildman–Crippen MR) is 31.2 cm³/mol. The lowest BCUT2D eigenvalue weighted by Gasteiger charge is -2.03. The zero-order valence-corrected chi connectivity index (χ0v) is 5.33. The van der Waals surface area contributed by atoms with Gasteiger partial charge in [-0.15, -0.1) is 0 Å². The molecule has 2 atom stereocenters. The summed E-state index contributed by atoms with van der Waals surface area (Å²) in [6.45, 7) is 1.89. The first-order valence-electron chi connectivity index (χ1n) is 3.08. The van der Waals surface area contributed by atoms with Crippen molar-refractivity contribution in [2.24, 2.45) is 0 Å². The Morgan fingerprint density at radius 2 is 2.33 bits per heavy atom. The van der Waals surface area contributed by atoms with Crippen LogP contribution in [0, 0.1) is 0 Å². The number of carboxylic acid groups (broad SMARTS) is 1. The van der Waals surface area contributed by atoms with E-state index in [0.29, 0.717) is 6.42 Å². The number of rotatable bonds is 1. The first-order valence-corrected chi connectivity index (χ1v) is 3.08. The van der Waals surface area contributed by atoms with Crippen LogP contribution < -0.4 is 0 Å². The van der Waals surface area contributed by atoms with E-state index < -0.39 is 12.1 Å². The van der Waals surface area contributed by atoms with Gasteiger partial charge in [-0.1, -0.05) is 0 Å². The Morgan fingerprint density at radius 3 is 2.56 bits per heavy atom. The number of aliphatic carboxylic acids is 1. The fraction of sp³-hybridized carbons (Fsp3) is 0.833. The third-order valence-corrected chi connectivity index (χ3v) is 1.51. The highest BCUT2D eigenvalue weighted by Crippen LogP contribution is 2.18. The summed E-state index contributed by atoms with van der Waals surface area (Å²) in [4.78, 5) is 10.2. The fourth-order valence-corrected chi connectivity index (χ4v) is 0.984. The summed E-state index contributed by atoms with van der Waals surface area (Å²) in [5.74, 6) is -0.834. The highest BCUT2D eigenvalue weighted by Gasteiger charge is 2.27. The minimum Gasteiger partial charge on any atom is -0.479 e. The van der Waals surface area contributed by atoms with Crippen molar-refractivity contribution in [3.8, 4) is 0 Å². The molecule has 3 heteroatoms. The zero-order valence-electron chi connectivity index (χ0n) is 5.33. The summed E-state index contributed by atoms with van der Waals surface area (Å²) in [6.07, 6.45) is 1.12. The van der Waals surface area contributed by atoms with E-state index in [-0.39, 0.29) is 6.10 Å². The Bertz CT molecular complexity index is 121. The molecular formula is C6H10O3. The zero-order chi connectivity index (χ0) is 6.85. The topological polar surface area (TPSA) is 46.5 Å². The lowest BCUT2D eigenvalue weighted by atomic mass is 10.2. The Labute approximate surface area is 53.6 Å². The summed E-state index contributed by atoms with van der Waals surface area (Å²) >= 11 is 0. The molecule has 9 heavy (non-hydrogen) atoms. The monoisotopic (exact) mass is 130 g/mol. The molecule has 1 saturated heterocycles. The summed E-state index contributed by atoms with van der Waals surface area (Å²) in [7, 11) is 0. The molecule has 0 spiro atoms. The normalized spacial score (nSPS) is 34.8. The van der Waals surface area contributed by atoms with Gasteiger partial charge in [0.1, 0.15) is 0 Å². The van der Waals surface area contributed by atoms with Crippen LogP contribution in [0.1, 0.15) is 19.8 Å². The summed E-state index contributed by atoms with van der Waals surface area (Å²) in [5, 5.41) is 8.41. The SMILES string of the molecule is C[C@H]1CC[C@H](C(=O)O)O1. The van der Waals surface area contributed by atoms with Crippen molar-refractivity contribution in [3.63, 3.8) is 0 Å². The van der Waals surface area contributed by atoms with Crippen molar-refractivity contribution in [1.82, 2.24) is 0 Å². The van der Waals surface area contributed by atoms with Gasteiger partial charge in [-0.05, 0) is 19.8 Å². The third-order valence-electron chi connectivity index (χ3n) is 1.51. The molecule has 0 radical (unpaired) electrons. The molecular weight excluding hydrogens is 120 g/mol. The molecule has 0 saturated carbocycles. The quantitative estimate of drug-likeness (QED) is 0.566. The molecule has 1 rings (SSSR count). The highest BCUT2D eigenvalue weighted by molar-refractivity contribution is 5.72. The standard InChI is InChI=1S/C6H10O3/c1-4-2-3-5(9-4)6(7)8/h4-5H,2-3H2,1H3,(H,7,8)/t4-,5+/m0/s1. The van der Waals surface area contributed by atoms with Crippen LogP contribution in [-0.4, -0.2) is 23.3 Å². The van der Waals surface area contributed by atoms with Gasteiger partial charge in [0.25, 0.3) is 0 Å². The van der Waals surface area contributed by atoms with Gasteiger partial charge in [-0.25, -0.2) is 4.79 Å². The van der Waals surface area contributed by atoms with Gasteiger partial charge in [-0.3, -0.25) is 0 Å². The lowest BCUT2D eigenvalue weighted by molar-refractivity contribution is -0.149. The average Bonchev–Trinajstić information content (AvgIpc) is 2.14. The molecule has 1 aliphatic heterocycles. The first kappa shape index (κ1) is 6.55. The minimum absolute atomic E-state index is 0.131. The van der Waals surface area contributed by atoms with E-state index in [1.807, 2.05) is 6.92 Å². The van der Waals surface area contributed by atoms with Crippen LogP contribution in [0.2, 0.25) is 0 Å². The van der Waals surface area contributed by atoms with Crippen LogP contribution in [0.3, 0.4) is 0 Å². The number of hydrogen-bond donors (Lipinski definition) is 1. The number of carboxylic acids is 1. The van der Waals surface area contributed by atoms with Crippen LogP contribution in [0.15, 0.2) is 0 Å². The molecule has 3 nitrogen and oxygen atoms in total. The molecule has 1 heterocycles. The van der Waals surface area contributed by atoms with Crippen LogP contribution in [0.5, 0.6) is 0 Å². The maximum Gasteiger partial charge on any atom is 0.332 e. The van der Waals surface area contributed by atoms with Gasteiger partial charge < -0.3 is 9.84 Å². The van der Waals surface area contributed by atoms with E-state index in [9.17, 15) is 4.79 Å². The Balaban J connectivity index is 2.39. The molecule has 0 unspecified atom stereocenters. The van der Waals surface area contributed by atoms with Crippen molar-refractivity contribution in [2.45, 2.75) is 32.0 Å². The second-order valence-electron chi connectivity index (χ2n) is 2.35. The molecule has 0 aromatic rings. The second-order valence-corrected chi connectivity index (χ2v) is 2.35. The van der Waals surface area contributed by atoms with Crippen molar-refractivity contribution >= 4 is 5.97 Å². The van der Waals surface area contributed by atoms with Crippen molar-refractivity contribution in [1.29, 1.82) is 0 Å². The van der Waals surface area contributed by atoms with Crippen LogP contribution in [-0.2, 0) is 9.53 Å². The molecule has 52 valence electrons. The Hall–Kier alpha value is -0.570. The maximum absolute atomic E-state index is 10.2. The van der Waals surface area contributed by atoms with Gasteiger partial charge in [0.05, 0.1) is 6.10 Å². The van der Waals surface area contributed by atoms with E-state index in [2.05, 4.69) is 0 Å². The number of hydrogen-bond acceptors (Lipinski definition) is 2. The van der Waals surface area contributed by atoms with E-state index in [1.165, 1.54) is 0 Å². The fourth-order valence-electron chi connectivity index (χ4n) is 0.984. The second kappa shape index (κ2) is 2.35. The molecule has 0 amide bonds. The Kier molecular flexibility index (Phi) is 1.71. The first-order chi connectivity index (χ1) is 4.20. The average molecular weight is 130 g/mol. The van der Waals surface area contributed by atoms with Crippen molar-refractivity contribution in [2.75, 3.05) is 0 Å². The van der Waals surface area contributed by atoms with Crippen LogP contribution in [0.25, 0.3) is 0 Å². The van der Waals surface area contributed by atoms with E-state index in [1.54, 1.807) is 0 Å². The van der Waals surface area contributed by atoms with Gasteiger partial charge in [0.2, 0.25) is 0 Å². The Morgan fingerprint density at radius 1 is 1.67 bits per heavy atom. The molecule has 0 aromatic heterocycles. The van der Waals surface area contributed by atoms with Gasteiger partial charge in [0.15, 0.2) is 6.10 Å². The summed E-state index contributed by atoms with van der Waals surface area (Å²) < 4.78 is 5.02. The largest absolute Gasteiger partial charge is 0.479 e. The third kappa shape index (κ3) is 1.42. The number of ether oxygens (including phenoxy) is 1. The summed E-state index contributed by atoms with van der Waals surface area (Å²) in [6, 6.07) is 0. The van der Waals surface area contributed by atoms with Crippen molar-refractivity contribution < 1.29 is 14.6 Å². The smallest absolute Gasteiger partial charge is 0.332 e. The minimum atomic E-state index is -0.834. The van der Waals surface area contributed by atoms with E-state index in [4.69, 9.17) is 9.84 Å². The van der Waals surface area contributed by atoms with E-state index in [0.717, 1.165) is 6.42 Å².